The van der Waals surface area contributed by atoms with E-state index in [1.54, 1.807) is 0 Å². The Morgan fingerprint density at radius 2 is 2.10 bits per heavy atom. The van der Waals surface area contributed by atoms with Gasteiger partial charge in [-0.25, -0.2) is 0 Å². The number of rotatable bonds is 2. The molecule has 4 heteroatoms. The third-order valence-electron chi connectivity index (χ3n) is 4.86. The highest BCUT2D eigenvalue weighted by atomic mass is 16.5. The highest BCUT2D eigenvalue weighted by Gasteiger charge is 2.41. The summed E-state index contributed by atoms with van der Waals surface area (Å²) in [5, 5.41) is 6.45. The number of nitrogens with one attached hydrogen (secondary N) is 2. The fraction of sp³-hybridized carbons (Fsp3) is 0.588. The smallest absolute Gasteiger partial charge is 0.230 e. The lowest BCUT2D eigenvalue weighted by molar-refractivity contribution is -0.121. The molecule has 4 unspecified atom stereocenters. The summed E-state index contributed by atoms with van der Waals surface area (Å²) in [5.74, 6) is 0.231. The van der Waals surface area contributed by atoms with Crippen LogP contribution in [-0.4, -0.2) is 24.7 Å². The first-order valence-electron chi connectivity index (χ1n) is 7.89. The van der Waals surface area contributed by atoms with Crippen LogP contribution in [0.2, 0.25) is 0 Å². The van der Waals surface area contributed by atoms with Gasteiger partial charge in [-0.05, 0) is 50.3 Å². The largest absolute Gasteiger partial charge is 0.385 e. The second-order valence-corrected chi connectivity index (χ2v) is 6.32. The van der Waals surface area contributed by atoms with Gasteiger partial charge in [-0.3, -0.25) is 4.79 Å². The zero-order valence-corrected chi connectivity index (χ0v) is 13.0. The van der Waals surface area contributed by atoms with Crippen LogP contribution in [0.4, 0.5) is 11.4 Å². The highest BCUT2D eigenvalue weighted by molar-refractivity contribution is 5.94. The quantitative estimate of drug-likeness (QED) is 0.879. The number of fused-ring (bicyclic) bond motifs is 1. The second-order valence-electron chi connectivity index (χ2n) is 6.32. The third-order valence-corrected chi connectivity index (χ3v) is 4.86. The SMILES string of the molecule is CC1OC(C)C(C(=O)Nc2ccc3c(c2)NCCC3)C1C. The molecule has 0 radical (unpaired) electrons. The van der Waals surface area contributed by atoms with Crippen molar-refractivity contribution in [2.24, 2.45) is 11.8 Å². The summed E-state index contributed by atoms with van der Waals surface area (Å²) < 4.78 is 5.76. The minimum Gasteiger partial charge on any atom is -0.385 e. The maximum absolute atomic E-state index is 12.5. The van der Waals surface area contributed by atoms with E-state index >= 15 is 0 Å². The van der Waals surface area contributed by atoms with Crippen LogP contribution in [-0.2, 0) is 16.0 Å². The first-order chi connectivity index (χ1) is 10.1. The lowest BCUT2D eigenvalue weighted by atomic mass is 9.89. The van der Waals surface area contributed by atoms with Crippen molar-refractivity contribution < 1.29 is 9.53 Å². The Labute approximate surface area is 126 Å². The number of carbonyl (C=O) groups is 1. The lowest BCUT2D eigenvalue weighted by Gasteiger charge is -2.21. The molecular weight excluding hydrogens is 264 g/mol. The first kappa shape index (κ1) is 14.4. The number of ether oxygens (including phenoxy) is 1. The van der Waals surface area contributed by atoms with E-state index < -0.39 is 0 Å². The standard InChI is InChI=1S/C17H24N2O2/c1-10-11(2)21-12(3)16(10)17(20)19-14-7-6-13-5-4-8-18-15(13)9-14/h6-7,9-12,16,18H,4-5,8H2,1-3H3,(H,19,20). The van der Waals surface area contributed by atoms with Gasteiger partial charge in [-0.15, -0.1) is 0 Å². The maximum atomic E-state index is 12.5. The van der Waals surface area contributed by atoms with Crippen molar-refractivity contribution in [2.75, 3.05) is 17.2 Å². The Balaban J connectivity index is 1.73. The third kappa shape index (κ3) is 2.77. The summed E-state index contributed by atoms with van der Waals surface area (Å²) in [7, 11) is 0. The second kappa shape index (κ2) is 5.68. The molecule has 0 aliphatic carbocycles. The molecule has 2 N–H and O–H groups in total. The van der Waals surface area contributed by atoms with Gasteiger partial charge in [0.15, 0.2) is 0 Å². The monoisotopic (exact) mass is 288 g/mol. The normalized spacial score (nSPS) is 31.4. The predicted molar refractivity (Wildman–Crippen MR) is 84.5 cm³/mol. The Bertz CT molecular complexity index is 544. The van der Waals surface area contributed by atoms with Gasteiger partial charge in [-0.2, -0.15) is 0 Å². The number of aryl methyl sites for hydroxylation is 1. The van der Waals surface area contributed by atoms with Gasteiger partial charge >= 0.3 is 0 Å². The van der Waals surface area contributed by atoms with Gasteiger partial charge < -0.3 is 15.4 Å². The first-order valence-corrected chi connectivity index (χ1v) is 7.89. The lowest BCUT2D eigenvalue weighted by Crippen LogP contribution is -2.32. The Kier molecular flexibility index (Phi) is 3.89. The number of amides is 1. The van der Waals surface area contributed by atoms with E-state index in [9.17, 15) is 4.79 Å². The number of benzene rings is 1. The molecule has 4 atom stereocenters. The van der Waals surface area contributed by atoms with Gasteiger partial charge in [0.2, 0.25) is 5.91 Å². The van der Waals surface area contributed by atoms with Gasteiger partial charge in [-0.1, -0.05) is 13.0 Å². The Morgan fingerprint density at radius 1 is 1.29 bits per heavy atom. The molecule has 3 rings (SSSR count). The number of anilines is 2. The van der Waals surface area contributed by atoms with Crippen LogP contribution in [0.1, 0.15) is 32.8 Å². The van der Waals surface area contributed by atoms with Crippen molar-refractivity contribution in [3.8, 4) is 0 Å². The van der Waals surface area contributed by atoms with E-state index in [0.717, 1.165) is 24.3 Å². The summed E-state index contributed by atoms with van der Waals surface area (Å²) in [6.07, 6.45) is 2.40. The molecule has 1 amide bonds. The molecule has 1 fully saturated rings. The molecule has 1 aromatic carbocycles. The Hall–Kier alpha value is -1.55. The summed E-state index contributed by atoms with van der Waals surface area (Å²) in [6, 6.07) is 6.15. The van der Waals surface area contributed by atoms with Gasteiger partial charge in [0.05, 0.1) is 18.1 Å². The van der Waals surface area contributed by atoms with Crippen LogP contribution < -0.4 is 10.6 Å². The average molecular weight is 288 g/mol. The van der Waals surface area contributed by atoms with Crippen molar-refractivity contribution in [1.82, 2.24) is 0 Å². The summed E-state index contributed by atoms with van der Waals surface area (Å²) in [5.41, 5.74) is 3.35. The molecule has 2 aliphatic heterocycles. The predicted octanol–water partition coefficient (Wildman–Crippen LogP) is 3.04. The molecule has 0 spiro atoms. The molecule has 1 aromatic rings. The molecule has 2 aliphatic rings. The molecule has 0 aromatic heterocycles. The maximum Gasteiger partial charge on any atom is 0.230 e. The summed E-state index contributed by atoms with van der Waals surface area (Å²) in [6.45, 7) is 7.12. The van der Waals surface area contributed by atoms with Crippen LogP contribution in [0.15, 0.2) is 18.2 Å². The molecular formula is C17H24N2O2. The molecule has 2 heterocycles. The van der Waals surface area contributed by atoms with Crippen molar-refractivity contribution in [3.63, 3.8) is 0 Å². The van der Waals surface area contributed by atoms with E-state index in [0.29, 0.717) is 0 Å². The van der Waals surface area contributed by atoms with Crippen molar-refractivity contribution in [1.29, 1.82) is 0 Å². The van der Waals surface area contributed by atoms with E-state index in [-0.39, 0.29) is 30.0 Å². The highest BCUT2D eigenvalue weighted by Crippen LogP contribution is 2.33. The summed E-state index contributed by atoms with van der Waals surface area (Å²) >= 11 is 0. The fourth-order valence-corrected chi connectivity index (χ4v) is 3.48. The van der Waals surface area contributed by atoms with Crippen LogP contribution in [0.5, 0.6) is 0 Å². The molecule has 0 bridgehead atoms. The van der Waals surface area contributed by atoms with Crippen LogP contribution in [0, 0.1) is 11.8 Å². The number of carbonyl (C=O) groups excluding carboxylic acids is 1. The van der Waals surface area contributed by atoms with Crippen LogP contribution in [0.25, 0.3) is 0 Å². The van der Waals surface area contributed by atoms with Crippen LogP contribution >= 0.6 is 0 Å². The summed E-state index contributed by atoms with van der Waals surface area (Å²) in [4.78, 5) is 12.5. The van der Waals surface area contributed by atoms with Gasteiger partial charge in [0.25, 0.3) is 0 Å². The zero-order valence-electron chi connectivity index (χ0n) is 13.0. The van der Waals surface area contributed by atoms with Crippen molar-refractivity contribution >= 4 is 17.3 Å². The minimum absolute atomic E-state index is 0.0225. The van der Waals surface area contributed by atoms with Crippen LogP contribution in [0.3, 0.4) is 0 Å². The van der Waals surface area contributed by atoms with Crippen molar-refractivity contribution in [3.05, 3.63) is 23.8 Å². The van der Waals surface area contributed by atoms with E-state index in [2.05, 4.69) is 23.6 Å². The number of hydrogen-bond acceptors (Lipinski definition) is 3. The van der Waals surface area contributed by atoms with Crippen molar-refractivity contribution in [2.45, 2.75) is 45.8 Å². The van der Waals surface area contributed by atoms with Gasteiger partial charge in [0, 0.05) is 17.9 Å². The molecule has 114 valence electrons. The fourth-order valence-electron chi connectivity index (χ4n) is 3.48. The van der Waals surface area contributed by atoms with E-state index in [4.69, 9.17) is 4.74 Å². The topological polar surface area (TPSA) is 50.4 Å². The van der Waals surface area contributed by atoms with E-state index in [1.807, 2.05) is 26.0 Å². The van der Waals surface area contributed by atoms with E-state index in [1.165, 1.54) is 12.0 Å². The Morgan fingerprint density at radius 3 is 2.81 bits per heavy atom. The number of hydrogen-bond donors (Lipinski definition) is 2. The minimum atomic E-state index is -0.0796. The van der Waals surface area contributed by atoms with Gasteiger partial charge in [0.1, 0.15) is 0 Å². The average Bonchev–Trinajstić information content (AvgIpc) is 2.72. The molecule has 21 heavy (non-hydrogen) atoms. The molecule has 1 saturated heterocycles. The molecule has 4 nitrogen and oxygen atoms in total. The molecule has 0 saturated carbocycles. The zero-order chi connectivity index (χ0) is 15.0.